The van der Waals surface area contributed by atoms with E-state index in [0.717, 1.165) is 4.90 Å². The molecule has 176 valence electrons. The van der Waals surface area contributed by atoms with Crippen molar-refractivity contribution in [3.8, 4) is 5.75 Å². The fraction of sp³-hybridized carbons (Fsp3) is 0.0417. The van der Waals surface area contributed by atoms with Crippen LogP contribution in [0, 0.1) is 15.9 Å². The molecule has 0 radical (unpaired) electrons. The molecule has 3 aromatic carbocycles. The molecule has 1 saturated heterocycles. The van der Waals surface area contributed by atoms with Gasteiger partial charge in [-0.25, -0.2) is 4.39 Å². The first-order chi connectivity index (χ1) is 16.7. The van der Waals surface area contributed by atoms with E-state index in [1.165, 1.54) is 42.5 Å². The fourth-order valence-corrected chi connectivity index (χ4v) is 3.98. The molecule has 0 aromatic heterocycles. The van der Waals surface area contributed by atoms with Crippen LogP contribution in [0.5, 0.6) is 5.75 Å². The van der Waals surface area contributed by atoms with Crippen molar-refractivity contribution in [1.29, 1.82) is 0 Å². The van der Waals surface area contributed by atoms with Crippen molar-refractivity contribution in [3.63, 3.8) is 0 Å². The third kappa shape index (κ3) is 5.42. The van der Waals surface area contributed by atoms with Crippen molar-refractivity contribution in [2.24, 2.45) is 0 Å². The van der Waals surface area contributed by atoms with Gasteiger partial charge in [0.05, 0.1) is 10.6 Å². The Morgan fingerprint density at radius 3 is 2.57 bits per heavy atom. The summed E-state index contributed by atoms with van der Waals surface area (Å²) in [6.07, 6.45) is 1.36. The summed E-state index contributed by atoms with van der Waals surface area (Å²) in [4.78, 5) is 37.5. The summed E-state index contributed by atoms with van der Waals surface area (Å²) in [5.41, 5.74) is 1.01. The smallest absolute Gasteiger partial charge is 0.270 e. The molecular weight excluding hydrogens is 541 g/mol. The van der Waals surface area contributed by atoms with Gasteiger partial charge in [-0.3, -0.25) is 29.9 Å². The van der Waals surface area contributed by atoms with E-state index in [9.17, 15) is 24.1 Å². The van der Waals surface area contributed by atoms with Crippen LogP contribution in [0.25, 0.3) is 6.08 Å². The maximum atomic E-state index is 13.3. The van der Waals surface area contributed by atoms with Gasteiger partial charge in [-0.1, -0.05) is 28.1 Å². The number of halogens is 2. The number of amides is 2. The Balaban J connectivity index is 1.65. The highest BCUT2D eigenvalue weighted by Crippen LogP contribution is 2.29. The van der Waals surface area contributed by atoms with Gasteiger partial charge >= 0.3 is 0 Å². The van der Waals surface area contributed by atoms with E-state index < -0.39 is 22.6 Å². The van der Waals surface area contributed by atoms with Crippen LogP contribution in [0.2, 0.25) is 0 Å². The minimum atomic E-state index is -0.692. The summed E-state index contributed by atoms with van der Waals surface area (Å²) >= 11 is 8.52. The van der Waals surface area contributed by atoms with E-state index in [1.807, 2.05) is 0 Å². The molecule has 8 nitrogen and oxygen atoms in total. The molecule has 1 fully saturated rings. The first-order valence-corrected chi connectivity index (χ1v) is 11.3. The van der Waals surface area contributed by atoms with Gasteiger partial charge in [0.1, 0.15) is 23.7 Å². The zero-order valence-electron chi connectivity index (χ0n) is 17.7. The van der Waals surface area contributed by atoms with Gasteiger partial charge in [-0.05, 0) is 66.3 Å². The van der Waals surface area contributed by atoms with Crippen molar-refractivity contribution in [3.05, 3.63) is 104 Å². The number of hydrogen-bond donors (Lipinski definition) is 1. The minimum absolute atomic E-state index is 0.0193. The number of anilines is 1. The average Bonchev–Trinajstić information content (AvgIpc) is 2.82. The van der Waals surface area contributed by atoms with Gasteiger partial charge in [0.2, 0.25) is 0 Å². The van der Waals surface area contributed by atoms with Gasteiger partial charge in [0.15, 0.2) is 5.11 Å². The highest BCUT2D eigenvalue weighted by Gasteiger charge is 2.34. The number of thiocarbonyl (C=S) groups is 1. The van der Waals surface area contributed by atoms with Crippen LogP contribution in [0.4, 0.5) is 15.8 Å². The quantitative estimate of drug-likeness (QED) is 0.152. The van der Waals surface area contributed by atoms with E-state index in [1.54, 1.807) is 30.3 Å². The number of nitrogens with one attached hydrogen (secondary N) is 1. The van der Waals surface area contributed by atoms with Crippen LogP contribution in [0.15, 0.2) is 76.8 Å². The van der Waals surface area contributed by atoms with Crippen molar-refractivity contribution in [1.82, 2.24) is 5.32 Å². The topological polar surface area (TPSA) is 102 Å². The number of non-ortho nitro benzene ring substituents is 1. The summed E-state index contributed by atoms with van der Waals surface area (Å²) in [7, 11) is 0. The largest absolute Gasteiger partial charge is 0.488 e. The number of ether oxygens (including phenoxy) is 1. The van der Waals surface area contributed by atoms with Crippen LogP contribution < -0.4 is 15.0 Å². The lowest BCUT2D eigenvalue weighted by atomic mass is 10.1. The number of hydrogen-bond acceptors (Lipinski definition) is 6. The lowest BCUT2D eigenvalue weighted by Crippen LogP contribution is -2.54. The van der Waals surface area contributed by atoms with Crippen LogP contribution >= 0.6 is 28.1 Å². The zero-order chi connectivity index (χ0) is 25.1. The number of carbonyl (C=O) groups excluding carboxylic acids is 2. The van der Waals surface area contributed by atoms with Crippen LogP contribution in [0.1, 0.15) is 11.1 Å². The molecular formula is C24H15BrFN3O5S. The Labute approximate surface area is 212 Å². The summed E-state index contributed by atoms with van der Waals surface area (Å²) in [6.45, 7) is 0.0193. The van der Waals surface area contributed by atoms with Gasteiger partial charge < -0.3 is 4.74 Å². The Kier molecular flexibility index (Phi) is 6.99. The zero-order valence-corrected chi connectivity index (χ0v) is 20.1. The number of carbonyl (C=O) groups is 2. The number of nitrogens with zero attached hydrogens (tertiary/aromatic N) is 2. The maximum absolute atomic E-state index is 13.3. The predicted molar refractivity (Wildman–Crippen MR) is 134 cm³/mol. The first-order valence-electron chi connectivity index (χ1n) is 10.1. The first kappa shape index (κ1) is 24.2. The molecule has 0 aliphatic carbocycles. The Morgan fingerprint density at radius 2 is 1.86 bits per heavy atom. The normalized spacial score (nSPS) is 14.7. The van der Waals surface area contributed by atoms with Crippen LogP contribution in [0.3, 0.4) is 0 Å². The molecule has 1 N–H and O–H groups in total. The van der Waals surface area contributed by atoms with Gasteiger partial charge in [-0.2, -0.15) is 0 Å². The van der Waals surface area contributed by atoms with Crippen LogP contribution in [-0.2, 0) is 16.2 Å². The Bertz CT molecular complexity index is 1390. The second kappa shape index (κ2) is 10.1. The van der Waals surface area contributed by atoms with Gasteiger partial charge in [-0.15, -0.1) is 0 Å². The maximum Gasteiger partial charge on any atom is 0.270 e. The SMILES string of the molecule is O=C1NC(=S)N(c2ccc(F)cc2)C(=O)/C1=C\c1cc(Br)ccc1OCc1cccc([N+](=O)[O-])c1. The van der Waals surface area contributed by atoms with Crippen molar-refractivity contribution in [2.45, 2.75) is 6.61 Å². The molecule has 3 aromatic rings. The number of rotatable bonds is 6. The molecule has 0 saturated carbocycles. The molecule has 0 spiro atoms. The van der Waals surface area contributed by atoms with E-state index in [-0.39, 0.29) is 23.0 Å². The fourth-order valence-electron chi connectivity index (χ4n) is 3.32. The summed E-state index contributed by atoms with van der Waals surface area (Å²) < 4.78 is 19.9. The summed E-state index contributed by atoms with van der Waals surface area (Å²) in [5.74, 6) is -1.52. The standard InChI is InChI=1S/C24H15BrFN3O5S/c25-16-4-9-21(34-13-14-2-1-3-19(10-14)29(32)33)15(11-16)12-20-22(30)27-24(35)28(23(20)31)18-7-5-17(26)6-8-18/h1-12H,13H2,(H,27,30,35)/b20-12-. The van der Waals surface area contributed by atoms with Gasteiger partial charge in [0, 0.05) is 22.2 Å². The predicted octanol–water partition coefficient (Wildman–Crippen LogP) is 4.91. The number of benzene rings is 3. The molecule has 35 heavy (non-hydrogen) atoms. The third-order valence-electron chi connectivity index (χ3n) is 4.97. The van der Waals surface area contributed by atoms with E-state index >= 15 is 0 Å². The molecule has 1 heterocycles. The molecule has 11 heteroatoms. The number of nitro groups is 1. The summed E-state index contributed by atoms with van der Waals surface area (Å²) in [6, 6.07) is 16.1. The van der Waals surface area contributed by atoms with Crippen molar-refractivity contribution in [2.75, 3.05) is 4.90 Å². The second-order valence-corrected chi connectivity index (χ2v) is 8.63. The van der Waals surface area contributed by atoms with Crippen LogP contribution in [-0.4, -0.2) is 21.9 Å². The molecule has 0 unspecified atom stereocenters. The summed E-state index contributed by atoms with van der Waals surface area (Å²) in [5, 5.41) is 13.4. The molecule has 0 atom stereocenters. The molecule has 4 rings (SSSR count). The Hall–Kier alpha value is -3.96. The third-order valence-corrected chi connectivity index (χ3v) is 5.75. The van der Waals surface area contributed by atoms with Crippen molar-refractivity contribution < 1.29 is 23.6 Å². The van der Waals surface area contributed by atoms with E-state index in [4.69, 9.17) is 17.0 Å². The molecule has 1 aliphatic heterocycles. The monoisotopic (exact) mass is 555 g/mol. The minimum Gasteiger partial charge on any atom is -0.488 e. The molecule has 0 bridgehead atoms. The highest BCUT2D eigenvalue weighted by molar-refractivity contribution is 9.10. The Morgan fingerprint density at radius 1 is 1.11 bits per heavy atom. The highest BCUT2D eigenvalue weighted by atomic mass is 79.9. The lowest BCUT2D eigenvalue weighted by Gasteiger charge is -2.29. The van der Waals surface area contributed by atoms with E-state index in [0.29, 0.717) is 27.0 Å². The molecule has 1 aliphatic rings. The second-order valence-electron chi connectivity index (χ2n) is 7.33. The molecule has 2 amide bonds. The van der Waals surface area contributed by atoms with Crippen molar-refractivity contribution >= 4 is 62.5 Å². The van der Waals surface area contributed by atoms with Gasteiger partial charge in [0.25, 0.3) is 17.5 Å². The lowest BCUT2D eigenvalue weighted by molar-refractivity contribution is -0.384. The average molecular weight is 556 g/mol. The van der Waals surface area contributed by atoms with E-state index in [2.05, 4.69) is 21.2 Å². The number of nitro benzene ring substituents is 1.